The highest BCUT2D eigenvalue weighted by Gasteiger charge is 2.35. The fraction of sp³-hybridized carbons (Fsp3) is 0.917. The average Bonchev–Trinajstić information content (AvgIpc) is 2.65. The van der Waals surface area contributed by atoms with Crippen LogP contribution in [0.3, 0.4) is 0 Å². The monoisotopic (exact) mass is 228 g/mol. The number of hydrogen-bond acceptors (Lipinski definition) is 3. The van der Waals surface area contributed by atoms with E-state index < -0.39 is 0 Å². The summed E-state index contributed by atoms with van der Waals surface area (Å²) in [6, 6.07) is 0. The zero-order chi connectivity index (χ0) is 12.0. The van der Waals surface area contributed by atoms with Crippen molar-refractivity contribution in [3.05, 3.63) is 0 Å². The standard InChI is InChI=1S/C12H24N2O2/c1-10(2)16-9-5-7-13-11(15)12(3)6-4-8-14-12/h10,14H,4-9H2,1-3H3,(H,13,15). The summed E-state index contributed by atoms with van der Waals surface area (Å²) in [6.07, 6.45) is 3.16. The van der Waals surface area contributed by atoms with E-state index in [0.717, 1.165) is 25.8 Å². The van der Waals surface area contributed by atoms with Crippen molar-refractivity contribution in [1.82, 2.24) is 10.6 Å². The molecule has 94 valence electrons. The SMILES string of the molecule is CC(C)OCCCNC(=O)C1(C)CCCN1. The van der Waals surface area contributed by atoms with Gasteiger partial charge in [-0.15, -0.1) is 0 Å². The van der Waals surface area contributed by atoms with E-state index in [-0.39, 0.29) is 17.6 Å². The number of hydrogen-bond donors (Lipinski definition) is 2. The normalized spacial score (nSPS) is 25.0. The lowest BCUT2D eigenvalue weighted by molar-refractivity contribution is -0.126. The minimum absolute atomic E-state index is 0.120. The lowest BCUT2D eigenvalue weighted by atomic mass is 9.99. The molecule has 0 aromatic heterocycles. The highest BCUT2D eigenvalue weighted by Crippen LogP contribution is 2.18. The van der Waals surface area contributed by atoms with E-state index in [1.54, 1.807) is 0 Å². The fourth-order valence-electron chi connectivity index (χ4n) is 1.88. The van der Waals surface area contributed by atoms with Gasteiger partial charge in [-0.25, -0.2) is 0 Å². The Balaban J connectivity index is 2.10. The Morgan fingerprint density at radius 2 is 2.31 bits per heavy atom. The molecule has 4 heteroatoms. The van der Waals surface area contributed by atoms with Crippen molar-refractivity contribution in [2.75, 3.05) is 19.7 Å². The highest BCUT2D eigenvalue weighted by atomic mass is 16.5. The number of ether oxygens (including phenoxy) is 1. The van der Waals surface area contributed by atoms with Crippen LogP contribution in [0.5, 0.6) is 0 Å². The van der Waals surface area contributed by atoms with Crippen LogP contribution < -0.4 is 10.6 Å². The zero-order valence-corrected chi connectivity index (χ0v) is 10.6. The number of nitrogens with one attached hydrogen (secondary N) is 2. The predicted octanol–water partition coefficient (Wildman–Crippen LogP) is 1.06. The second-order valence-electron chi connectivity index (χ2n) is 4.89. The van der Waals surface area contributed by atoms with Crippen LogP contribution in [0.25, 0.3) is 0 Å². The molecule has 1 amide bonds. The molecule has 0 aromatic rings. The van der Waals surface area contributed by atoms with Crippen LogP contribution in [0.15, 0.2) is 0 Å². The molecule has 0 aliphatic carbocycles. The molecule has 1 aliphatic rings. The van der Waals surface area contributed by atoms with Crippen molar-refractivity contribution >= 4 is 5.91 Å². The smallest absolute Gasteiger partial charge is 0.240 e. The second-order valence-corrected chi connectivity index (χ2v) is 4.89. The number of amides is 1. The minimum Gasteiger partial charge on any atom is -0.379 e. The lowest BCUT2D eigenvalue weighted by Gasteiger charge is -2.23. The Morgan fingerprint density at radius 1 is 1.56 bits per heavy atom. The summed E-state index contributed by atoms with van der Waals surface area (Å²) in [7, 11) is 0. The third kappa shape index (κ3) is 4.10. The van der Waals surface area contributed by atoms with Gasteiger partial charge >= 0.3 is 0 Å². The van der Waals surface area contributed by atoms with E-state index in [0.29, 0.717) is 13.2 Å². The quantitative estimate of drug-likeness (QED) is 0.668. The summed E-state index contributed by atoms with van der Waals surface area (Å²) >= 11 is 0. The largest absolute Gasteiger partial charge is 0.379 e. The zero-order valence-electron chi connectivity index (χ0n) is 10.6. The lowest BCUT2D eigenvalue weighted by Crippen LogP contribution is -2.51. The van der Waals surface area contributed by atoms with Gasteiger partial charge in [0, 0.05) is 13.2 Å². The van der Waals surface area contributed by atoms with E-state index in [1.807, 2.05) is 20.8 Å². The van der Waals surface area contributed by atoms with Gasteiger partial charge < -0.3 is 15.4 Å². The first kappa shape index (κ1) is 13.5. The number of carbonyl (C=O) groups is 1. The third-order valence-electron chi connectivity index (χ3n) is 2.93. The predicted molar refractivity (Wildman–Crippen MR) is 64.4 cm³/mol. The molecule has 0 radical (unpaired) electrons. The Bertz CT molecular complexity index is 223. The van der Waals surface area contributed by atoms with Crippen LogP contribution in [0.1, 0.15) is 40.0 Å². The van der Waals surface area contributed by atoms with Crippen LogP contribution in [-0.2, 0) is 9.53 Å². The van der Waals surface area contributed by atoms with E-state index in [2.05, 4.69) is 10.6 Å². The summed E-state index contributed by atoms with van der Waals surface area (Å²) in [6.45, 7) is 8.36. The van der Waals surface area contributed by atoms with Gasteiger partial charge in [0.25, 0.3) is 0 Å². The van der Waals surface area contributed by atoms with E-state index in [1.165, 1.54) is 0 Å². The van der Waals surface area contributed by atoms with Gasteiger partial charge in [-0.05, 0) is 46.6 Å². The number of carbonyl (C=O) groups excluding carboxylic acids is 1. The molecule has 1 fully saturated rings. The van der Waals surface area contributed by atoms with Gasteiger partial charge in [0.05, 0.1) is 11.6 Å². The Hall–Kier alpha value is -0.610. The first-order chi connectivity index (χ1) is 7.54. The first-order valence-electron chi connectivity index (χ1n) is 6.19. The Labute approximate surface area is 98.1 Å². The first-order valence-corrected chi connectivity index (χ1v) is 6.19. The molecule has 0 aromatic carbocycles. The molecule has 4 nitrogen and oxygen atoms in total. The molecular formula is C12H24N2O2. The second kappa shape index (κ2) is 6.21. The molecule has 1 rings (SSSR count). The van der Waals surface area contributed by atoms with Crippen molar-refractivity contribution in [1.29, 1.82) is 0 Å². The molecule has 0 spiro atoms. The molecule has 1 aliphatic heterocycles. The molecule has 16 heavy (non-hydrogen) atoms. The summed E-state index contributed by atoms with van der Waals surface area (Å²) in [5.41, 5.74) is -0.348. The maximum Gasteiger partial charge on any atom is 0.240 e. The minimum atomic E-state index is -0.348. The third-order valence-corrected chi connectivity index (χ3v) is 2.93. The van der Waals surface area contributed by atoms with Gasteiger partial charge in [-0.1, -0.05) is 0 Å². The van der Waals surface area contributed by atoms with Gasteiger partial charge in [0.2, 0.25) is 5.91 Å². The fourth-order valence-corrected chi connectivity index (χ4v) is 1.88. The van der Waals surface area contributed by atoms with Crippen LogP contribution in [0.4, 0.5) is 0 Å². The Kier molecular flexibility index (Phi) is 5.22. The summed E-state index contributed by atoms with van der Waals surface area (Å²) in [5, 5.41) is 6.21. The van der Waals surface area contributed by atoms with E-state index >= 15 is 0 Å². The molecule has 0 saturated carbocycles. The molecule has 1 saturated heterocycles. The van der Waals surface area contributed by atoms with Crippen LogP contribution in [-0.4, -0.2) is 37.2 Å². The van der Waals surface area contributed by atoms with Crippen molar-refractivity contribution in [2.24, 2.45) is 0 Å². The van der Waals surface area contributed by atoms with Crippen molar-refractivity contribution in [3.63, 3.8) is 0 Å². The molecular weight excluding hydrogens is 204 g/mol. The van der Waals surface area contributed by atoms with Gasteiger partial charge in [-0.2, -0.15) is 0 Å². The maximum atomic E-state index is 11.8. The molecule has 2 N–H and O–H groups in total. The topological polar surface area (TPSA) is 50.4 Å². The molecule has 1 atom stereocenters. The van der Waals surface area contributed by atoms with Crippen LogP contribution >= 0.6 is 0 Å². The van der Waals surface area contributed by atoms with Gasteiger partial charge in [-0.3, -0.25) is 4.79 Å². The average molecular weight is 228 g/mol. The van der Waals surface area contributed by atoms with Gasteiger partial charge in [0.1, 0.15) is 0 Å². The van der Waals surface area contributed by atoms with Crippen molar-refractivity contribution in [3.8, 4) is 0 Å². The van der Waals surface area contributed by atoms with Crippen molar-refractivity contribution in [2.45, 2.75) is 51.7 Å². The van der Waals surface area contributed by atoms with Crippen LogP contribution in [0.2, 0.25) is 0 Å². The molecule has 1 unspecified atom stereocenters. The number of rotatable bonds is 6. The molecule has 0 bridgehead atoms. The summed E-state index contributed by atoms with van der Waals surface area (Å²) < 4.78 is 5.41. The Morgan fingerprint density at radius 3 is 2.88 bits per heavy atom. The van der Waals surface area contributed by atoms with Crippen molar-refractivity contribution < 1.29 is 9.53 Å². The van der Waals surface area contributed by atoms with E-state index in [9.17, 15) is 4.79 Å². The maximum absolute atomic E-state index is 11.8. The summed E-state index contributed by atoms with van der Waals surface area (Å²) in [5.74, 6) is 0.120. The highest BCUT2D eigenvalue weighted by molar-refractivity contribution is 5.86. The molecule has 1 heterocycles. The summed E-state index contributed by atoms with van der Waals surface area (Å²) in [4.78, 5) is 11.8. The van der Waals surface area contributed by atoms with Crippen LogP contribution in [0, 0.1) is 0 Å². The van der Waals surface area contributed by atoms with Gasteiger partial charge in [0.15, 0.2) is 0 Å². The van der Waals surface area contributed by atoms with E-state index in [4.69, 9.17) is 4.74 Å².